The van der Waals surface area contributed by atoms with Gasteiger partial charge in [0.1, 0.15) is 0 Å². The molecule has 0 spiro atoms. The van der Waals surface area contributed by atoms with Gasteiger partial charge in [-0.25, -0.2) is 0 Å². The molecule has 0 rings (SSSR count). The first kappa shape index (κ1) is 48.8. The van der Waals surface area contributed by atoms with Crippen LogP contribution < -0.4 is 0 Å². The van der Waals surface area contributed by atoms with Gasteiger partial charge < -0.3 is 29.2 Å². The molecule has 1 unspecified atom stereocenters. The van der Waals surface area contributed by atoms with E-state index in [2.05, 4.69) is 20.8 Å². The monoisotopic (exact) mass is 700 g/mol. The molecule has 0 bridgehead atoms. The summed E-state index contributed by atoms with van der Waals surface area (Å²) in [6.07, 6.45) is 38.4. The average molecular weight is 700 g/mol. The highest BCUT2D eigenvalue weighted by molar-refractivity contribution is 4.66. The van der Waals surface area contributed by atoms with E-state index >= 15 is 0 Å². The van der Waals surface area contributed by atoms with Crippen molar-refractivity contribution in [3.05, 3.63) is 5.21 Å². The highest BCUT2D eigenvalue weighted by Crippen LogP contribution is 2.31. The molecule has 0 saturated carbocycles. The Hall–Kier alpha value is -0.240. The molecule has 0 aliphatic rings. The summed E-state index contributed by atoms with van der Waals surface area (Å²) in [5, 5.41) is 24.4. The molecule has 1 atom stereocenters. The van der Waals surface area contributed by atoms with Crippen molar-refractivity contribution in [1.29, 1.82) is 0 Å². The number of rotatable bonds is 41. The van der Waals surface area contributed by atoms with E-state index in [-0.39, 0.29) is 0 Å². The molecule has 0 radical (unpaired) electrons. The van der Waals surface area contributed by atoms with Crippen molar-refractivity contribution < 1.29 is 24.0 Å². The molecule has 0 aromatic heterocycles. The Kier molecular flexibility index (Phi) is 36.0. The summed E-state index contributed by atoms with van der Waals surface area (Å²) < 4.78 is 18.0. The SMILES string of the molecule is CCCCCCCCCCCCOCC(O)CCC(OCCCCCCCCCCCC)(OCCCCCCCCCCCC)[N+](C)(C)[O-]. The highest BCUT2D eigenvalue weighted by atomic mass is 16.8. The van der Waals surface area contributed by atoms with Crippen LogP contribution in [0.4, 0.5) is 0 Å². The number of hydrogen-bond acceptors (Lipinski definition) is 5. The first-order valence-electron chi connectivity index (χ1n) is 21.9. The predicted molar refractivity (Wildman–Crippen MR) is 212 cm³/mol. The molecule has 6 nitrogen and oxygen atoms in total. The van der Waals surface area contributed by atoms with E-state index in [0.717, 1.165) is 32.1 Å². The van der Waals surface area contributed by atoms with Gasteiger partial charge in [0.15, 0.2) is 0 Å². The van der Waals surface area contributed by atoms with Crippen LogP contribution in [0.25, 0.3) is 0 Å². The van der Waals surface area contributed by atoms with Gasteiger partial charge in [0.05, 0.1) is 46.4 Å². The number of aliphatic hydroxyl groups excluding tert-OH is 1. The zero-order chi connectivity index (χ0) is 36.2. The van der Waals surface area contributed by atoms with Crippen molar-refractivity contribution in [3.8, 4) is 0 Å². The minimum atomic E-state index is -1.30. The van der Waals surface area contributed by atoms with E-state index in [1.807, 2.05) is 0 Å². The number of nitrogens with zero attached hydrogens (tertiary/aromatic N) is 1. The van der Waals surface area contributed by atoms with E-state index in [0.29, 0.717) is 39.3 Å². The minimum Gasteiger partial charge on any atom is -0.629 e. The van der Waals surface area contributed by atoms with Gasteiger partial charge in [0, 0.05) is 6.61 Å². The third-order valence-corrected chi connectivity index (χ3v) is 10.2. The molecular weight excluding hydrogens is 610 g/mol. The maximum atomic E-state index is 13.6. The van der Waals surface area contributed by atoms with Crippen LogP contribution in [0.1, 0.15) is 226 Å². The summed E-state index contributed by atoms with van der Waals surface area (Å²) in [6.45, 7) is 8.83. The van der Waals surface area contributed by atoms with Crippen molar-refractivity contribution in [1.82, 2.24) is 0 Å². The van der Waals surface area contributed by atoms with Gasteiger partial charge in [-0.05, 0) is 25.7 Å². The van der Waals surface area contributed by atoms with E-state index < -0.39 is 16.7 Å². The molecule has 49 heavy (non-hydrogen) atoms. The Balaban J connectivity index is 4.61. The maximum Gasteiger partial charge on any atom is 0.318 e. The molecule has 0 amide bonds. The standard InChI is InChI=1S/C43H89NO5/c1-6-9-12-15-18-21-24-27-30-33-38-47-41-42(45)36-37-43(44(4,5)46,48-39-34-31-28-25-22-19-16-13-10-7-2)49-40-35-32-29-26-23-20-17-14-11-8-3/h42,45H,6-41H2,1-5H3. The number of hydrogen-bond donors (Lipinski definition) is 1. The summed E-state index contributed by atoms with van der Waals surface area (Å²) in [5.74, 6) is -1.30. The van der Waals surface area contributed by atoms with Crippen molar-refractivity contribution in [2.45, 2.75) is 238 Å². The van der Waals surface area contributed by atoms with Crippen LogP contribution in [0.15, 0.2) is 0 Å². The summed E-state index contributed by atoms with van der Waals surface area (Å²) in [4.78, 5) is 0. The maximum absolute atomic E-state index is 13.6. The molecule has 0 aliphatic heterocycles. The van der Waals surface area contributed by atoms with Gasteiger partial charge in [0.25, 0.3) is 0 Å². The summed E-state index contributed by atoms with van der Waals surface area (Å²) >= 11 is 0. The number of hydroxylamine groups is 3. The lowest BCUT2D eigenvalue weighted by Gasteiger charge is -2.50. The summed E-state index contributed by atoms with van der Waals surface area (Å²) in [6, 6.07) is 0. The van der Waals surface area contributed by atoms with Crippen LogP contribution in [-0.4, -0.2) is 62.3 Å². The minimum absolute atomic E-state index is 0.302. The van der Waals surface area contributed by atoms with E-state index in [1.165, 1.54) is 161 Å². The topological polar surface area (TPSA) is 71.0 Å². The molecular formula is C43H89NO5. The van der Waals surface area contributed by atoms with Gasteiger partial charge in [-0.3, -0.25) is 0 Å². The Bertz CT molecular complexity index is 614. The van der Waals surface area contributed by atoms with Crippen LogP contribution in [0.3, 0.4) is 0 Å². The van der Waals surface area contributed by atoms with Crippen LogP contribution >= 0.6 is 0 Å². The highest BCUT2D eigenvalue weighted by Gasteiger charge is 2.44. The van der Waals surface area contributed by atoms with Crippen molar-refractivity contribution in [3.63, 3.8) is 0 Å². The van der Waals surface area contributed by atoms with Gasteiger partial charge >= 0.3 is 5.91 Å². The lowest BCUT2D eigenvalue weighted by atomic mass is 10.1. The molecule has 0 aromatic rings. The fourth-order valence-corrected chi connectivity index (χ4v) is 6.75. The lowest BCUT2D eigenvalue weighted by Crippen LogP contribution is -2.60. The molecule has 0 heterocycles. The smallest absolute Gasteiger partial charge is 0.318 e. The number of unbranched alkanes of at least 4 members (excludes halogenated alkanes) is 27. The summed E-state index contributed by atoms with van der Waals surface area (Å²) in [7, 11) is 3.26. The van der Waals surface area contributed by atoms with E-state index in [1.54, 1.807) is 14.1 Å². The van der Waals surface area contributed by atoms with Gasteiger partial charge in [-0.2, -0.15) is 0 Å². The first-order valence-corrected chi connectivity index (χ1v) is 21.9. The predicted octanol–water partition coefficient (Wildman–Crippen LogP) is 13.2. The number of aliphatic hydroxyl groups is 1. The van der Waals surface area contributed by atoms with Crippen molar-refractivity contribution in [2.75, 3.05) is 40.5 Å². The quantitative estimate of drug-likeness (QED) is 0.0298. The second kappa shape index (κ2) is 36.1. The third-order valence-electron chi connectivity index (χ3n) is 10.2. The van der Waals surface area contributed by atoms with Crippen LogP contribution in [-0.2, 0) is 14.2 Å². The third kappa shape index (κ3) is 31.0. The second-order valence-electron chi connectivity index (χ2n) is 15.6. The second-order valence-corrected chi connectivity index (χ2v) is 15.6. The van der Waals surface area contributed by atoms with Crippen LogP contribution in [0, 0.1) is 5.21 Å². The van der Waals surface area contributed by atoms with Crippen molar-refractivity contribution in [2.24, 2.45) is 0 Å². The zero-order valence-corrected chi connectivity index (χ0v) is 34.1. The molecule has 0 fully saturated rings. The average Bonchev–Trinajstić information content (AvgIpc) is 3.08. The Morgan fingerprint density at radius 1 is 0.469 bits per heavy atom. The Morgan fingerprint density at radius 2 is 0.755 bits per heavy atom. The van der Waals surface area contributed by atoms with Crippen LogP contribution in [0.5, 0.6) is 0 Å². The van der Waals surface area contributed by atoms with E-state index in [4.69, 9.17) is 14.2 Å². The molecule has 1 N–H and O–H groups in total. The Labute approximate surface area is 307 Å². The van der Waals surface area contributed by atoms with Crippen LogP contribution in [0.2, 0.25) is 0 Å². The molecule has 296 valence electrons. The summed E-state index contributed by atoms with van der Waals surface area (Å²) in [5.41, 5.74) is 0. The molecule has 0 aliphatic carbocycles. The van der Waals surface area contributed by atoms with Gasteiger partial charge in [-0.15, -0.1) is 0 Å². The van der Waals surface area contributed by atoms with E-state index in [9.17, 15) is 10.3 Å². The lowest BCUT2D eigenvalue weighted by molar-refractivity contribution is -0.958. The van der Waals surface area contributed by atoms with Gasteiger partial charge in [0.2, 0.25) is 0 Å². The zero-order valence-electron chi connectivity index (χ0n) is 34.1. The molecule has 0 saturated heterocycles. The number of ether oxygens (including phenoxy) is 3. The Morgan fingerprint density at radius 3 is 1.06 bits per heavy atom. The molecule has 0 aromatic carbocycles. The fraction of sp³-hybridized carbons (Fsp3) is 1.00. The normalized spacial score (nSPS) is 13.0. The molecule has 6 heteroatoms. The number of quaternary nitrogens is 1. The largest absolute Gasteiger partial charge is 0.629 e. The van der Waals surface area contributed by atoms with Crippen molar-refractivity contribution >= 4 is 0 Å². The fourth-order valence-electron chi connectivity index (χ4n) is 6.75. The van der Waals surface area contributed by atoms with Gasteiger partial charge in [-0.1, -0.05) is 194 Å². The first-order chi connectivity index (χ1) is 23.8.